The van der Waals surface area contributed by atoms with Crippen molar-refractivity contribution in [2.24, 2.45) is 0 Å². The zero-order valence-electron chi connectivity index (χ0n) is 17.6. The Balaban J connectivity index is 1.93. The molecule has 1 amide bonds. The van der Waals surface area contributed by atoms with Gasteiger partial charge >= 0.3 is 0 Å². The molecule has 0 saturated heterocycles. The molecular formula is C21H23ClF2N6O2. The number of aromatic nitrogens is 2. The SMILES string of the molecule is CN(C)C(=O)C(=N)C1=C(NCc2ccccc2C(F)F)CCN(c2cn[nH]c(=O)c2Cl)C1. The lowest BCUT2D eigenvalue weighted by Crippen LogP contribution is -2.41. The fourth-order valence-electron chi connectivity index (χ4n) is 3.45. The number of nitrogens with one attached hydrogen (secondary N) is 3. The number of carbonyl (C=O) groups is 1. The summed E-state index contributed by atoms with van der Waals surface area (Å²) < 4.78 is 26.6. The molecule has 0 radical (unpaired) electrons. The molecular weight excluding hydrogens is 442 g/mol. The molecule has 1 aromatic heterocycles. The summed E-state index contributed by atoms with van der Waals surface area (Å²) in [4.78, 5) is 27.4. The Kier molecular flexibility index (Phi) is 7.24. The third-order valence-corrected chi connectivity index (χ3v) is 5.53. The van der Waals surface area contributed by atoms with Crippen molar-refractivity contribution >= 4 is 28.9 Å². The van der Waals surface area contributed by atoms with Crippen molar-refractivity contribution in [2.45, 2.75) is 19.4 Å². The van der Waals surface area contributed by atoms with Gasteiger partial charge in [-0.2, -0.15) is 5.10 Å². The number of aromatic amines is 1. The number of carbonyl (C=O) groups excluding carboxylic acids is 1. The molecule has 8 nitrogen and oxygen atoms in total. The van der Waals surface area contributed by atoms with Gasteiger partial charge < -0.3 is 15.1 Å². The maximum Gasteiger partial charge on any atom is 0.285 e. The predicted molar refractivity (Wildman–Crippen MR) is 118 cm³/mol. The van der Waals surface area contributed by atoms with Crippen LogP contribution in [0.5, 0.6) is 0 Å². The van der Waals surface area contributed by atoms with Crippen LogP contribution in [0.4, 0.5) is 14.5 Å². The third-order valence-electron chi connectivity index (χ3n) is 5.17. The van der Waals surface area contributed by atoms with Gasteiger partial charge in [-0.15, -0.1) is 0 Å². The van der Waals surface area contributed by atoms with E-state index in [0.717, 1.165) is 0 Å². The molecule has 11 heteroatoms. The Labute approximate surface area is 188 Å². The Morgan fingerprint density at radius 1 is 1.38 bits per heavy atom. The van der Waals surface area contributed by atoms with E-state index in [-0.39, 0.29) is 29.4 Å². The number of anilines is 1. The largest absolute Gasteiger partial charge is 0.384 e. The number of hydrogen-bond acceptors (Lipinski definition) is 6. The molecule has 1 aliphatic rings. The van der Waals surface area contributed by atoms with Gasteiger partial charge in [-0.25, -0.2) is 13.9 Å². The van der Waals surface area contributed by atoms with Crippen molar-refractivity contribution in [3.63, 3.8) is 0 Å². The van der Waals surface area contributed by atoms with Gasteiger partial charge in [0.1, 0.15) is 10.7 Å². The van der Waals surface area contributed by atoms with Gasteiger partial charge in [0.05, 0.1) is 11.9 Å². The van der Waals surface area contributed by atoms with Crippen LogP contribution in [-0.2, 0) is 11.3 Å². The van der Waals surface area contributed by atoms with Gasteiger partial charge in [0, 0.05) is 57.0 Å². The Morgan fingerprint density at radius 3 is 2.78 bits per heavy atom. The van der Waals surface area contributed by atoms with Gasteiger partial charge in [0.25, 0.3) is 17.9 Å². The number of halogens is 3. The average Bonchev–Trinajstić information content (AvgIpc) is 2.78. The van der Waals surface area contributed by atoms with E-state index >= 15 is 0 Å². The molecule has 3 rings (SSSR count). The number of rotatable bonds is 7. The summed E-state index contributed by atoms with van der Waals surface area (Å²) in [5.74, 6) is -0.496. The monoisotopic (exact) mass is 464 g/mol. The van der Waals surface area contributed by atoms with Crippen molar-refractivity contribution in [2.75, 3.05) is 32.1 Å². The van der Waals surface area contributed by atoms with Crippen molar-refractivity contribution in [3.05, 3.63) is 68.2 Å². The van der Waals surface area contributed by atoms with Gasteiger partial charge in [-0.3, -0.25) is 15.0 Å². The molecule has 170 valence electrons. The molecule has 0 bridgehead atoms. The summed E-state index contributed by atoms with van der Waals surface area (Å²) in [6.07, 6.45) is -0.809. The fraction of sp³-hybridized carbons (Fsp3) is 0.333. The smallest absolute Gasteiger partial charge is 0.285 e. The van der Waals surface area contributed by atoms with Gasteiger partial charge in [0.2, 0.25) is 0 Å². The van der Waals surface area contributed by atoms with Gasteiger partial charge in [-0.05, 0) is 5.56 Å². The molecule has 2 aromatic rings. The standard InChI is InChI=1S/C21H23ClF2N6O2/c1-29(2)21(32)18(25)14-11-30(16-10-27-28-20(31)17(16)22)8-7-15(14)26-9-12-5-3-4-6-13(12)19(23)24/h3-6,10,19,25-26H,7-9,11H2,1-2H3,(H,28,31). The van der Waals surface area contributed by atoms with Crippen molar-refractivity contribution in [3.8, 4) is 0 Å². The first-order valence-electron chi connectivity index (χ1n) is 9.81. The number of benzene rings is 1. The van der Waals surface area contributed by atoms with Crippen LogP contribution in [0, 0.1) is 5.41 Å². The molecule has 0 unspecified atom stereocenters. The first kappa shape index (κ1) is 23.4. The molecule has 0 saturated carbocycles. The van der Waals surface area contributed by atoms with Gasteiger partial charge in [-0.1, -0.05) is 35.9 Å². The van der Waals surface area contributed by atoms with Crippen molar-refractivity contribution < 1.29 is 13.6 Å². The Hall–Kier alpha value is -3.27. The van der Waals surface area contributed by atoms with Crippen LogP contribution in [-0.4, -0.2) is 53.9 Å². The van der Waals surface area contributed by atoms with E-state index in [2.05, 4.69) is 15.5 Å². The highest BCUT2D eigenvalue weighted by Gasteiger charge is 2.28. The van der Waals surface area contributed by atoms with E-state index < -0.39 is 17.9 Å². The number of alkyl halides is 2. The van der Waals surface area contributed by atoms with E-state index in [4.69, 9.17) is 17.0 Å². The summed E-state index contributed by atoms with van der Waals surface area (Å²) in [6, 6.07) is 6.22. The highest BCUT2D eigenvalue weighted by Crippen LogP contribution is 2.28. The lowest BCUT2D eigenvalue weighted by Gasteiger charge is -2.33. The number of H-pyrrole nitrogens is 1. The molecule has 0 spiro atoms. The molecule has 32 heavy (non-hydrogen) atoms. The molecule has 0 fully saturated rings. The molecule has 0 atom stereocenters. The zero-order chi connectivity index (χ0) is 23.4. The Morgan fingerprint density at radius 2 is 2.09 bits per heavy atom. The normalized spacial score (nSPS) is 14.0. The number of amides is 1. The fourth-order valence-corrected chi connectivity index (χ4v) is 3.66. The molecule has 3 N–H and O–H groups in total. The van der Waals surface area contributed by atoms with Crippen LogP contribution in [0.3, 0.4) is 0 Å². The molecule has 1 aliphatic heterocycles. The minimum absolute atomic E-state index is 0.0351. The lowest BCUT2D eigenvalue weighted by molar-refractivity contribution is -0.121. The first-order chi connectivity index (χ1) is 15.2. The second-order valence-electron chi connectivity index (χ2n) is 7.45. The molecule has 0 aliphatic carbocycles. The van der Waals surface area contributed by atoms with Crippen LogP contribution in [0.2, 0.25) is 5.02 Å². The quantitative estimate of drug-likeness (QED) is 0.546. The molecule has 1 aromatic carbocycles. The third kappa shape index (κ3) is 4.96. The topological polar surface area (TPSA) is 105 Å². The molecule has 2 heterocycles. The van der Waals surface area contributed by atoms with Crippen LogP contribution < -0.4 is 15.8 Å². The minimum Gasteiger partial charge on any atom is -0.384 e. The van der Waals surface area contributed by atoms with E-state index in [9.17, 15) is 18.4 Å². The maximum atomic E-state index is 13.3. The summed E-state index contributed by atoms with van der Waals surface area (Å²) in [5, 5.41) is 17.6. The summed E-state index contributed by atoms with van der Waals surface area (Å²) in [7, 11) is 3.09. The van der Waals surface area contributed by atoms with Crippen LogP contribution in [0.1, 0.15) is 24.0 Å². The predicted octanol–water partition coefficient (Wildman–Crippen LogP) is 2.72. The zero-order valence-corrected chi connectivity index (χ0v) is 18.3. The average molecular weight is 465 g/mol. The minimum atomic E-state index is -2.61. The van der Waals surface area contributed by atoms with Crippen molar-refractivity contribution in [1.82, 2.24) is 20.4 Å². The van der Waals surface area contributed by atoms with E-state index in [1.807, 2.05) is 0 Å². The Bertz CT molecular complexity index is 1120. The highest BCUT2D eigenvalue weighted by molar-refractivity contribution is 6.44. The second-order valence-corrected chi connectivity index (χ2v) is 7.83. The highest BCUT2D eigenvalue weighted by atomic mass is 35.5. The maximum absolute atomic E-state index is 13.3. The number of nitrogens with zero attached hydrogens (tertiary/aromatic N) is 3. The first-order valence-corrected chi connectivity index (χ1v) is 10.2. The summed E-state index contributed by atoms with van der Waals surface area (Å²) >= 11 is 6.13. The summed E-state index contributed by atoms with van der Waals surface area (Å²) in [5.41, 5.74) is 1.00. The lowest BCUT2D eigenvalue weighted by atomic mass is 9.99. The second kappa shape index (κ2) is 9.90. The van der Waals surface area contributed by atoms with Crippen LogP contribution in [0.15, 0.2) is 46.5 Å². The van der Waals surface area contributed by atoms with Crippen molar-refractivity contribution in [1.29, 1.82) is 5.41 Å². The summed E-state index contributed by atoms with van der Waals surface area (Å²) in [6.45, 7) is 0.675. The van der Waals surface area contributed by atoms with E-state index in [1.54, 1.807) is 37.2 Å². The van der Waals surface area contributed by atoms with E-state index in [1.165, 1.54) is 17.2 Å². The van der Waals surface area contributed by atoms with E-state index in [0.29, 0.717) is 35.5 Å². The van der Waals surface area contributed by atoms with Gasteiger partial charge in [0.15, 0.2) is 0 Å². The van der Waals surface area contributed by atoms with Crippen LogP contribution in [0.25, 0.3) is 0 Å². The number of hydrogen-bond donors (Lipinski definition) is 3. The van der Waals surface area contributed by atoms with Crippen LogP contribution >= 0.6 is 11.6 Å².